The van der Waals surface area contributed by atoms with Crippen molar-refractivity contribution >= 4 is 0 Å². The number of hydrogen-bond acceptors (Lipinski definition) is 5. The second kappa shape index (κ2) is 5.18. The maximum Gasteiger partial charge on any atom is 0.264 e. The highest BCUT2D eigenvalue weighted by Crippen LogP contribution is 2.25. The fourth-order valence-electron chi connectivity index (χ4n) is 1.69. The average Bonchev–Trinajstić information content (AvgIpc) is 2.73. The van der Waals surface area contributed by atoms with Crippen molar-refractivity contribution < 1.29 is 9.26 Å². The molecule has 5 heteroatoms. The summed E-state index contributed by atoms with van der Waals surface area (Å²) >= 11 is 0. The van der Waals surface area contributed by atoms with Crippen molar-refractivity contribution in [3.8, 4) is 5.75 Å². The van der Waals surface area contributed by atoms with Crippen molar-refractivity contribution in [1.29, 1.82) is 0 Å². The molecule has 0 fully saturated rings. The number of nitrogens with two attached hydrogens (primary N) is 1. The van der Waals surface area contributed by atoms with Gasteiger partial charge >= 0.3 is 0 Å². The number of aromatic nitrogens is 2. The van der Waals surface area contributed by atoms with Gasteiger partial charge in [0.25, 0.3) is 5.89 Å². The predicted octanol–water partition coefficient (Wildman–Crippen LogP) is 2.29. The first-order valence-electron chi connectivity index (χ1n) is 5.84. The normalized spacial score (nSPS) is 12.4. The van der Waals surface area contributed by atoms with Crippen LogP contribution in [-0.4, -0.2) is 10.1 Å². The van der Waals surface area contributed by atoms with E-state index < -0.39 is 0 Å². The van der Waals surface area contributed by atoms with Gasteiger partial charge in [-0.25, -0.2) is 0 Å². The van der Waals surface area contributed by atoms with E-state index in [-0.39, 0.29) is 12.6 Å². The predicted molar refractivity (Wildman–Crippen MR) is 67.1 cm³/mol. The van der Waals surface area contributed by atoms with E-state index in [0.29, 0.717) is 11.7 Å². The zero-order valence-electron chi connectivity index (χ0n) is 10.8. The summed E-state index contributed by atoms with van der Waals surface area (Å²) in [4.78, 5) is 4.08. The number of hydrogen-bond donors (Lipinski definition) is 1. The molecule has 0 saturated heterocycles. The minimum atomic E-state index is -0.0793. The Bertz CT molecular complexity index is 535. The molecule has 5 nitrogen and oxygen atoms in total. The van der Waals surface area contributed by atoms with Crippen LogP contribution in [0.15, 0.2) is 22.7 Å². The van der Waals surface area contributed by atoms with E-state index in [1.54, 1.807) is 6.92 Å². The van der Waals surface area contributed by atoms with Crippen LogP contribution in [0, 0.1) is 13.8 Å². The summed E-state index contributed by atoms with van der Waals surface area (Å²) in [5.41, 5.74) is 8.06. The van der Waals surface area contributed by atoms with E-state index in [1.165, 1.54) is 0 Å². The monoisotopic (exact) mass is 247 g/mol. The molecule has 0 aliphatic carbocycles. The molecular formula is C13H17N3O2. The molecule has 0 aliphatic rings. The third kappa shape index (κ3) is 2.87. The van der Waals surface area contributed by atoms with Crippen molar-refractivity contribution in [2.45, 2.75) is 33.4 Å². The molecule has 96 valence electrons. The first-order chi connectivity index (χ1) is 8.56. The molecule has 0 radical (unpaired) electrons. The molecule has 0 unspecified atom stereocenters. The van der Waals surface area contributed by atoms with Gasteiger partial charge in [0, 0.05) is 11.6 Å². The second-order valence-electron chi connectivity index (χ2n) is 4.35. The van der Waals surface area contributed by atoms with Crippen molar-refractivity contribution in [2.24, 2.45) is 5.73 Å². The van der Waals surface area contributed by atoms with E-state index in [1.807, 2.05) is 32.0 Å². The summed E-state index contributed by atoms with van der Waals surface area (Å²) in [6.45, 7) is 5.98. The van der Waals surface area contributed by atoms with Gasteiger partial charge in [0.15, 0.2) is 12.4 Å². The van der Waals surface area contributed by atoms with Crippen LogP contribution in [0.4, 0.5) is 0 Å². The maximum atomic E-state index is 5.93. The van der Waals surface area contributed by atoms with E-state index in [9.17, 15) is 0 Å². The zero-order chi connectivity index (χ0) is 13.1. The Morgan fingerprint density at radius 3 is 2.78 bits per heavy atom. The minimum Gasteiger partial charge on any atom is -0.483 e. The minimum absolute atomic E-state index is 0.0793. The first-order valence-corrected chi connectivity index (χ1v) is 5.84. The molecule has 2 aromatic rings. The van der Waals surface area contributed by atoms with Crippen LogP contribution < -0.4 is 10.5 Å². The van der Waals surface area contributed by atoms with Gasteiger partial charge in [0.05, 0.1) is 0 Å². The number of benzene rings is 1. The highest BCUT2D eigenvalue weighted by molar-refractivity contribution is 5.38. The first kappa shape index (κ1) is 12.6. The van der Waals surface area contributed by atoms with Crippen molar-refractivity contribution in [1.82, 2.24) is 10.1 Å². The molecule has 0 aliphatic heterocycles. The summed E-state index contributed by atoms with van der Waals surface area (Å²) in [7, 11) is 0. The zero-order valence-corrected chi connectivity index (χ0v) is 10.8. The Hall–Kier alpha value is -1.88. The number of rotatable bonds is 4. The standard InChI is InChI=1S/C13H17N3O2/c1-8-4-5-12(11(6-8)9(2)14)17-7-13-15-10(3)16-18-13/h4-6,9H,7,14H2,1-3H3/t9-/m1/s1. The van der Waals surface area contributed by atoms with E-state index in [0.717, 1.165) is 16.9 Å². The van der Waals surface area contributed by atoms with Crippen LogP contribution >= 0.6 is 0 Å². The largest absolute Gasteiger partial charge is 0.483 e. The lowest BCUT2D eigenvalue weighted by Crippen LogP contribution is -2.08. The van der Waals surface area contributed by atoms with Crippen LogP contribution in [-0.2, 0) is 6.61 Å². The van der Waals surface area contributed by atoms with Crippen molar-refractivity contribution in [3.05, 3.63) is 41.0 Å². The Morgan fingerprint density at radius 2 is 2.17 bits per heavy atom. The molecule has 1 heterocycles. The Morgan fingerprint density at radius 1 is 1.39 bits per heavy atom. The van der Waals surface area contributed by atoms with Gasteiger partial charge in [0.2, 0.25) is 0 Å². The quantitative estimate of drug-likeness (QED) is 0.897. The Kier molecular flexibility index (Phi) is 3.62. The van der Waals surface area contributed by atoms with Gasteiger partial charge in [-0.2, -0.15) is 4.98 Å². The third-order valence-corrected chi connectivity index (χ3v) is 2.58. The van der Waals surface area contributed by atoms with Crippen LogP contribution in [0.2, 0.25) is 0 Å². The van der Waals surface area contributed by atoms with E-state index in [4.69, 9.17) is 15.0 Å². The molecule has 2 rings (SSSR count). The van der Waals surface area contributed by atoms with Gasteiger partial charge in [-0.05, 0) is 26.8 Å². The maximum absolute atomic E-state index is 5.93. The van der Waals surface area contributed by atoms with Crippen LogP contribution in [0.3, 0.4) is 0 Å². The smallest absolute Gasteiger partial charge is 0.264 e. The molecule has 2 N–H and O–H groups in total. The third-order valence-electron chi connectivity index (χ3n) is 2.58. The molecule has 0 amide bonds. The highest BCUT2D eigenvalue weighted by Gasteiger charge is 2.10. The van der Waals surface area contributed by atoms with Gasteiger partial charge < -0.3 is 15.0 Å². The molecular weight excluding hydrogens is 230 g/mol. The number of aryl methyl sites for hydroxylation is 2. The Balaban J connectivity index is 2.13. The highest BCUT2D eigenvalue weighted by atomic mass is 16.5. The summed E-state index contributed by atoms with van der Waals surface area (Å²) in [5, 5.41) is 3.71. The molecule has 1 aromatic heterocycles. The summed E-state index contributed by atoms with van der Waals surface area (Å²) in [5.74, 6) is 1.82. The van der Waals surface area contributed by atoms with E-state index >= 15 is 0 Å². The molecule has 1 aromatic carbocycles. The van der Waals surface area contributed by atoms with E-state index in [2.05, 4.69) is 10.1 Å². The second-order valence-corrected chi connectivity index (χ2v) is 4.35. The summed E-state index contributed by atoms with van der Waals surface area (Å²) < 4.78 is 10.7. The van der Waals surface area contributed by atoms with Crippen LogP contribution in [0.5, 0.6) is 5.75 Å². The SMILES string of the molecule is Cc1ccc(OCc2nc(C)no2)c([C@@H](C)N)c1. The molecule has 0 spiro atoms. The molecule has 0 bridgehead atoms. The van der Waals surface area contributed by atoms with Gasteiger partial charge in [0.1, 0.15) is 5.75 Å². The lowest BCUT2D eigenvalue weighted by molar-refractivity contribution is 0.240. The van der Waals surface area contributed by atoms with Gasteiger partial charge in [-0.3, -0.25) is 0 Å². The van der Waals surface area contributed by atoms with Gasteiger partial charge in [-0.15, -0.1) is 0 Å². The lowest BCUT2D eigenvalue weighted by atomic mass is 10.1. The van der Waals surface area contributed by atoms with Crippen molar-refractivity contribution in [3.63, 3.8) is 0 Å². The van der Waals surface area contributed by atoms with Gasteiger partial charge in [-0.1, -0.05) is 22.9 Å². The summed E-state index contributed by atoms with van der Waals surface area (Å²) in [6.07, 6.45) is 0. The fourth-order valence-corrected chi connectivity index (χ4v) is 1.69. The van der Waals surface area contributed by atoms with Crippen molar-refractivity contribution in [2.75, 3.05) is 0 Å². The topological polar surface area (TPSA) is 74.2 Å². The van der Waals surface area contributed by atoms with Crippen LogP contribution in [0.1, 0.15) is 35.8 Å². The number of ether oxygens (including phenoxy) is 1. The molecule has 18 heavy (non-hydrogen) atoms. The fraction of sp³-hybridized carbons (Fsp3) is 0.385. The van der Waals surface area contributed by atoms with Crippen LogP contribution in [0.25, 0.3) is 0 Å². The lowest BCUT2D eigenvalue weighted by Gasteiger charge is -2.13. The Labute approximate surface area is 106 Å². The summed E-state index contributed by atoms with van der Waals surface area (Å²) in [6, 6.07) is 5.85. The molecule has 1 atom stereocenters. The number of nitrogens with zero attached hydrogens (tertiary/aromatic N) is 2. The average molecular weight is 247 g/mol. The molecule has 0 saturated carbocycles.